The van der Waals surface area contributed by atoms with Gasteiger partial charge in [-0.3, -0.25) is 0 Å². The Balaban J connectivity index is 2.20. The second-order valence-corrected chi connectivity index (χ2v) is 3.97. The molecule has 1 aromatic heterocycles. The molecule has 2 aromatic rings. The average molecular weight is 218 g/mol. The normalized spacial score (nSPS) is 10.7. The smallest absolute Gasteiger partial charge is 0.123 e. The van der Waals surface area contributed by atoms with E-state index in [2.05, 4.69) is 4.57 Å². The molecule has 0 radical (unpaired) electrons. The van der Waals surface area contributed by atoms with E-state index in [4.69, 9.17) is 5.73 Å². The number of benzene rings is 1. The SMILES string of the molecule is Cc1cc(F)ccc1Cn1ccc(CN)c1. The van der Waals surface area contributed by atoms with E-state index in [1.54, 1.807) is 6.07 Å². The maximum atomic E-state index is 12.9. The predicted octanol–water partition coefficient (Wildman–Crippen LogP) is 2.44. The van der Waals surface area contributed by atoms with E-state index >= 15 is 0 Å². The average Bonchev–Trinajstić information content (AvgIpc) is 2.70. The molecule has 0 aliphatic rings. The third-order valence-corrected chi connectivity index (χ3v) is 2.70. The molecule has 84 valence electrons. The summed E-state index contributed by atoms with van der Waals surface area (Å²) in [5.74, 6) is -0.184. The number of rotatable bonds is 3. The molecule has 0 aliphatic carbocycles. The van der Waals surface area contributed by atoms with Gasteiger partial charge in [0.2, 0.25) is 0 Å². The minimum absolute atomic E-state index is 0.184. The minimum Gasteiger partial charge on any atom is -0.350 e. The van der Waals surface area contributed by atoms with Gasteiger partial charge >= 0.3 is 0 Å². The Morgan fingerprint density at radius 2 is 2.12 bits per heavy atom. The van der Waals surface area contributed by atoms with Crippen molar-refractivity contribution < 1.29 is 4.39 Å². The van der Waals surface area contributed by atoms with Gasteiger partial charge in [-0.15, -0.1) is 0 Å². The molecule has 2 rings (SSSR count). The van der Waals surface area contributed by atoms with Crippen LogP contribution < -0.4 is 5.73 Å². The van der Waals surface area contributed by atoms with E-state index in [0.29, 0.717) is 6.54 Å². The van der Waals surface area contributed by atoms with Crippen molar-refractivity contribution in [3.63, 3.8) is 0 Å². The largest absolute Gasteiger partial charge is 0.350 e. The maximum absolute atomic E-state index is 12.9. The Bertz CT molecular complexity index is 488. The molecule has 1 aromatic carbocycles. The number of halogens is 1. The molecule has 0 unspecified atom stereocenters. The first-order valence-electron chi connectivity index (χ1n) is 5.29. The summed E-state index contributed by atoms with van der Waals surface area (Å²) in [5.41, 5.74) is 8.75. The maximum Gasteiger partial charge on any atom is 0.123 e. The van der Waals surface area contributed by atoms with Crippen molar-refractivity contribution in [1.29, 1.82) is 0 Å². The lowest BCUT2D eigenvalue weighted by Crippen LogP contribution is -2.00. The van der Waals surface area contributed by atoms with Crippen molar-refractivity contribution >= 4 is 0 Å². The zero-order chi connectivity index (χ0) is 11.5. The van der Waals surface area contributed by atoms with Crippen molar-refractivity contribution in [2.75, 3.05) is 0 Å². The second-order valence-electron chi connectivity index (χ2n) is 3.97. The molecule has 2 N–H and O–H groups in total. The first kappa shape index (κ1) is 10.9. The summed E-state index contributed by atoms with van der Waals surface area (Å²) in [6.45, 7) is 3.23. The van der Waals surface area contributed by atoms with Crippen molar-refractivity contribution in [3.8, 4) is 0 Å². The van der Waals surface area contributed by atoms with E-state index in [0.717, 1.165) is 23.2 Å². The predicted molar refractivity (Wildman–Crippen MR) is 62.6 cm³/mol. The Morgan fingerprint density at radius 1 is 1.31 bits per heavy atom. The third-order valence-electron chi connectivity index (χ3n) is 2.70. The van der Waals surface area contributed by atoms with Crippen molar-refractivity contribution in [1.82, 2.24) is 4.57 Å². The van der Waals surface area contributed by atoms with Crippen LogP contribution in [0.3, 0.4) is 0 Å². The Kier molecular flexibility index (Phi) is 3.06. The molecule has 0 saturated carbocycles. The standard InChI is InChI=1S/C13H15FN2/c1-10-6-13(14)3-2-12(10)9-16-5-4-11(7-15)8-16/h2-6,8H,7,9,15H2,1H3. The monoisotopic (exact) mass is 218 g/mol. The van der Waals surface area contributed by atoms with Gasteiger partial charge in [0.25, 0.3) is 0 Å². The fourth-order valence-corrected chi connectivity index (χ4v) is 1.74. The minimum atomic E-state index is -0.184. The quantitative estimate of drug-likeness (QED) is 0.842. The molecule has 0 aliphatic heterocycles. The topological polar surface area (TPSA) is 30.9 Å². The van der Waals surface area contributed by atoms with E-state index in [9.17, 15) is 4.39 Å². The van der Waals surface area contributed by atoms with Gasteiger partial charge in [0.1, 0.15) is 5.82 Å². The van der Waals surface area contributed by atoms with Crippen LogP contribution in [-0.2, 0) is 13.1 Å². The summed E-state index contributed by atoms with van der Waals surface area (Å²) in [6.07, 6.45) is 4.01. The number of hydrogen-bond donors (Lipinski definition) is 1. The van der Waals surface area contributed by atoms with Gasteiger partial charge in [-0.25, -0.2) is 4.39 Å². The van der Waals surface area contributed by atoms with Gasteiger partial charge < -0.3 is 10.3 Å². The van der Waals surface area contributed by atoms with Crippen molar-refractivity contribution in [3.05, 3.63) is 59.2 Å². The number of aryl methyl sites for hydroxylation is 1. The van der Waals surface area contributed by atoms with E-state index < -0.39 is 0 Å². The molecule has 0 amide bonds. The number of nitrogens with two attached hydrogens (primary N) is 1. The Morgan fingerprint density at radius 3 is 2.75 bits per heavy atom. The number of hydrogen-bond acceptors (Lipinski definition) is 1. The molecule has 0 fully saturated rings. The van der Waals surface area contributed by atoms with Gasteiger partial charge in [0, 0.05) is 25.5 Å². The summed E-state index contributed by atoms with van der Waals surface area (Å²) in [7, 11) is 0. The summed E-state index contributed by atoms with van der Waals surface area (Å²) in [5, 5.41) is 0. The highest BCUT2D eigenvalue weighted by molar-refractivity contribution is 5.27. The van der Waals surface area contributed by atoms with Crippen LogP contribution in [0.2, 0.25) is 0 Å². The van der Waals surface area contributed by atoms with Crippen LogP contribution in [0.25, 0.3) is 0 Å². The van der Waals surface area contributed by atoms with Crippen LogP contribution in [0.15, 0.2) is 36.7 Å². The van der Waals surface area contributed by atoms with Gasteiger partial charge in [-0.05, 0) is 41.8 Å². The van der Waals surface area contributed by atoms with Crippen molar-refractivity contribution in [2.24, 2.45) is 5.73 Å². The van der Waals surface area contributed by atoms with Crippen molar-refractivity contribution in [2.45, 2.75) is 20.0 Å². The van der Waals surface area contributed by atoms with Crippen LogP contribution in [0.1, 0.15) is 16.7 Å². The fraction of sp³-hybridized carbons (Fsp3) is 0.231. The lowest BCUT2D eigenvalue weighted by molar-refractivity contribution is 0.624. The molecule has 0 spiro atoms. The summed E-state index contributed by atoms with van der Waals surface area (Å²) >= 11 is 0. The van der Waals surface area contributed by atoms with Gasteiger partial charge in [0.15, 0.2) is 0 Å². The summed E-state index contributed by atoms with van der Waals surface area (Å²) in [6, 6.07) is 6.88. The number of aromatic nitrogens is 1. The van der Waals surface area contributed by atoms with Crippen LogP contribution in [0, 0.1) is 12.7 Å². The highest BCUT2D eigenvalue weighted by atomic mass is 19.1. The molecule has 3 heteroatoms. The molecule has 0 bridgehead atoms. The molecular formula is C13H15FN2. The molecule has 16 heavy (non-hydrogen) atoms. The van der Waals surface area contributed by atoms with Gasteiger partial charge in [-0.1, -0.05) is 6.07 Å². The van der Waals surface area contributed by atoms with E-state index in [1.807, 2.05) is 31.5 Å². The lowest BCUT2D eigenvalue weighted by atomic mass is 10.1. The molecule has 1 heterocycles. The number of nitrogens with zero attached hydrogens (tertiary/aromatic N) is 1. The van der Waals surface area contributed by atoms with Crippen LogP contribution >= 0.6 is 0 Å². The lowest BCUT2D eigenvalue weighted by Gasteiger charge is -2.07. The molecular weight excluding hydrogens is 203 g/mol. The third kappa shape index (κ3) is 2.31. The van der Waals surface area contributed by atoms with Crippen LogP contribution in [0.4, 0.5) is 4.39 Å². The highest BCUT2D eigenvalue weighted by Crippen LogP contribution is 2.12. The first-order valence-corrected chi connectivity index (χ1v) is 5.29. The zero-order valence-electron chi connectivity index (χ0n) is 9.28. The van der Waals surface area contributed by atoms with Gasteiger partial charge in [0.05, 0.1) is 0 Å². The van der Waals surface area contributed by atoms with E-state index in [-0.39, 0.29) is 5.82 Å². The summed E-state index contributed by atoms with van der Waals surface area (Å²) in [4.78, 5) is 0. The van der Waals surface area contributed by atoms with E-state index in [1.165, 1.54) is 6.07 Å². The first-order chi connectivity index (χ1) is 7.69. The molecule has 0 saturated heterocycles. The van der Waals surface area contributed by atoms with Crippen LogP contribution in [0.5, 0.6) is 0 Å². The fourth-order valence-electron chi connectivity index (χ4n) is 1.74. The second kappa shape index (κ2) is 4.49. The zero-order valence-corrected chi connectivity index (χ0v) is 9.28. The summed E-state index contributed by atoms with van der Waals surface area (Å²) < 4.78 is 15.0. The Hall–Kier alpha value is -1.61. The van der Waals surface area contributed by atoms with Gasteiger partial charge in [-0.2, -0.15) is 0 Å². The van der Waals surface area contributed by atoms with Crippen LogP contribution in [-0.4, -0.2) is 4.57 Å². The highest BCUT2D eigenvalue weighted by Gasteiger charge is 2.01. The molecule has 2 nitrogen and oxygen atoms in total. The molecule has 0 atom stereocenters. The Labute approximate surface area is 94.5 Å².